The van der Waals surface area contributed by atoms with Gasteiger partial charge in [0.15, 0.2) is 11.6 Å². The van der Waals surface area contributed by atoms with E-state index in [9.17, 15) is 13.6 Å². The SMILES string of the molecule is CCC(CC)(CN)NC(=O)c1cccc(F)c1F. The fourth-order valence-corrected chi connectivity index (χ4v) is 1.75. The summed E-state index contributed by atoms with van der Waals surface area (Å²) < 4.78 is 26.5. The minimum absolute atomic E-state index is 0.253. The van der Waals surface area contributed by atoms with Crippen LogP contribution in [-0.4, -0.2) is 18.0 Å². The van der Waals surface area contributed by atoms with E-state index in [-0.39, 0.29) is 12.1 Å². The molecule has 0 heterocycles. The molecular formula is C13H18F2N2O. The van der Waals surface area contributed by atoms with Gasteiger partial charge in [-0.15, -0.1) is 0 Å². The molecule has 0 aliphatic heterocycles. The molecule has 1 rings (SSSR count). The first kappa shape index (κ1) is 14.6. The highest BCUT2D eigenvalue weighted by molar-refractivity contribution is 5.95. The summed E-state index contributed by atoms with van der Waals surface area (Å²) in [5, 5.41) is 2.69. The van der Waals surface area contributed by atoms with Crippen LogP contribution in [0.4, 0.5) is 8.78 Å². The second-order valence-electron chi connectivity index (χ2n) is 4.25. The number of benzene rings is 1. The van der Waals surface area contributed by atoms with Crippen LogP contribution in [-0.2, 0) is 0 Å². The zero-order valence-corrected chi connectivity index (χ0v) is 10.6. The van der Waals surface area contributed by atoms with E-state index in [2.05, 4.69) is 5.32 Å². The van der Waals surface area contributed by atoms with Gasteiger partial charge in [-0.25, -0.2) is 8.78 Å². The maximum Gasteiger partial charge on any atom is 0.254 e. The summed E-state index contributed by atoms with van der Waals surface area (Å²) in [4.78, 5) is 11.9. The topological polar surface area (TPSA) is 55.1 Å². The molecule has 18 heavy (non-hydrogen) atoms. The Kier molecular flexibility index (Phi) is 4.78. The van der Waals surface area contributed by atoms with E-state index in [0.717, 1.165) is 6.07 Å². The van der Waals surface area contributed by atoms with E-state index in [0.29, 0.717) is 12.8 Å². The quantitative estimate of drug-likeness (QED) is 0.848. The summed E-state index contributed by atoms with van der Waals surface area (Å²) in [5.41, 5.74) is 4.77. The summed E-state index contributed by atoms with van der Waals surface area (Å²) in [5.74, 6) is -2.80. The Hall–Kier alpha value is -1.49. The van der Waals surface area contributed by atoms with Gasteiger partial charge in [-0.2, -0.15) is 0 Å². The lowest BCUT2D eigenvalue weighted by Gasteiger charge is -2.31. The zero-order valence-electron chi connectivity index (χ0n) is 10.6. The third-order valence-corrected chi connectivity index (χ3v) is 3.32. The molecule has 1 amide bonds. The number of rotatable bonds is 5. The number of nitrogens with two attached hydrogens (primary N) is 1. The molecule has 3 nitrogen and oxygen atoms in total. The van der Waals surface area contributed by atoms with Gasteiger partial charge in [0, 0.05) is 6.54 Å². The second kappa shape index (κ2) is 5.91. The van der Waals surface area contributed by atoms with Gasteiger partial charge in [0.05, 0.1) is 11.1 Å². The van der Waals surface area contributed by atoms with Crippen molar-refractivity contribution in [1.82, 2.24) is 5.32 Å². The van der Waals surface area contributed by atoms with Crippen molar-refractivity contribution in [2.75, 3.05) is 6.54 Å². The van der Waals surface area contributed by atoms with Gasteiger partial charge in [-0.3, -0.25) is 4.79 Å². The molecule has 0 atom stereocenters. The summed E-state index contributed by atoms with van der Waals surface area (Å²) in [6.45, 7) is 4.03. The van der Waals surface area contributed by atoms with Gasteiger partial charge in [-0.1, -0.05) is 19.9 Å². The van der Waals surface area contributed by atoms with Crippen LogP contribution in [0.2, 0.25) is 0 Å². The molecule has 0 aromatic heterocycles. The molecule has 0 aliphatic carbocycles. The van der Waals surface area contributed by atoms with E-state index < -0.39 is 23.1 Å². The zero-order chi connectivity index (χ0) is 13.8. The molecule has 1 aromatic rings. The maximum atomic E-state index is 13.5. The van der Waals surface area contributed by atoms with Crippen LogP contribution in [0.5, 0.6) is 0 Å². The normalized spacial score (nSPS) is 11.4. The van der Waals surface area contributed by atoms with Crippen molar-refractivity contribution in [3.05, 3.63) is 35.4 Å². The molecule has 5 heteroatoms. The van der Waals surface area contributed by atoms with Crippen molar-refractivity contribution in [2.24, 2.45) is 5.73 Å². The standard InChI is InChI=1S/C13H18F2N2O/c1-3-13(4-2,8-16)17-12(18)9-6-5-7-10(14)11(9)15/h5-7H,3-4,8,16H2,1-2H3,(H,17,18). The van der Waals surface area contributed by atoms with Crippen molar-refractivity contribution < 1.29 is 13.6 Å². The third kappa shape index (κ3) is 2.85. The number of hydrogen-bond donors (Lipinski definition) is 2. The first-order valence-electron chi connectivity index (χ1n) is 5.96. The highest BCUT2D eigenvalue weighted by Crippen LogP contribution is 2.16. The lowest BCUT2D eigenvalue weighted by atomic mass is 9.92. The Morgan fingerprint density at radius 2 is 1.94 bits per heavy atom. The van der Waals surface area contributed by atoms with Crippen molar-refractivity contribution in [3.8, 4) is 0 Å². The second-order valence-corrected chi connectivity index (χ2v) is 4.25. The Labute approximate surface area is 105 Å². The van der Waals surface area contributed by atoms with Gasteiger partial charge in [-0.05, 0) is 25.0 Å². The fourth-order valence-electron chi connectivity index (χ4n) is 1.75. The van der Waals surface area contributed by atoms with Crippen LogP contribution in [0, 0.1) is 11.6 Å². The molecule has 0 unspecified atom stereocenters. The van der Waals surface area contributed by atoms with Crippen LogP contribution >= 0.6 is 0 Å². The van der Waals surface area contributed by atoms with Crippen molar-refractivity contribution in [1.29, 1.82) is 0 Å². The van der Waals surface area contributed by atoms with Gasteiger partial charge >= 0.3 is 0 Å². The largest absolute Gasteiger partial charge is 0.345 e. The fraction of sp³-hybridized carbons (Fsp3) is 0.462. The highest BCUT2D eigenvalue weighted by Gasteiger charge is 2.28. The first-order valence-corrected chi connectivity index (χ1v) is 5.96. The van der Waals surface area contributed by atoms with E-state index in [4.69, 9.17) is 5.73 Å². The summed E-state index contributed by atoms with van der Waals surface area (Å²) in [7, 11) is 0. The van der Waals surface area contributed by atoms with Crippen molar-refractivity contribution in [3.63, 3.8) is 0 Å². The predicted molar refractivity (Wildman–Crippen MR) is 66.2 cm³/mol. The number of halogens is 2. The first-order chi connectivity index (χ1) is 8.49. The monoisotopic (exact) mass is 256 g/mol. The summed E-state index contributed by atoms with van der Waals surface area (Å²) >= 11 is 0. The van der Waals surface area contributed by atoms with Crippen LogP contribution in [0.25, 0.3) is 0 Å². The molecule has 0 fully saturated rings. The van der Waals surface area contributed by atoms with E-state index in [1.54, 1.807) is 0 Å². The lowest BCUT2D eigenvalue weighted by Crippen LogP contribution is -2.53. The minimum atomic E-state index is -1.13. The predicted octanol–water partition coefficient (Wildman–Crippen LogP) is 2.21. The van der Waals surface area contributed by atoms with Crippen LogP contribution in [0.15, 0.2) is 18.2 Å². The average Bonchev–Trinajstić information content (AvgIpc) is 2.39. The number of amides is 1. The van der Waals surface area contributed by atoms with Crippen LogP contribution < -0.4 is 11.1 Å². The van der Waals surface area contributed by atoms with Gasteiger partial charge in [0.25, 0.3) is 5.91 Å². The van der Waals surface area contributed by atoms with Crippen molar-refractivity contribution in [2.45, 2.75) is 32.2 Å². The van der Waals surface area contributed by atoms with E-state index in [1.807, 2.05) is 13.8 Å². The lowest BCUT2D eigenvalue weighted by molar-refractivity contribution is 0.0890. The number of carbonyl (C=O) groups is 1. The Morgan fingerprint density at radius 3 is 2.44 bits per heavy atom. The van der Waals surface area contributed by atoms with Crippen LogP contribution in [0.3, 0.4) is 0 Å². The Balaban J connectivity index is 2.98. The molecule has 1 aromatic carbocycles. The van der Waals surface area contributed by atoms with Gasteiger partial charge in [0.1, 0.15) is 0 Å². The van der Waals surface area contributed by atoms with Crippen molar-refractivity contribution >= 4 is 5.91 Å². The third-order valence-electron chi connectivity index (χ3n) is 3.32. The molecule has 0 aliphatic rings. The molecule has 3 N–H and O–H groups in total. The summed E-state index contributed by atoms with van der Waals surface area (Å²) in [6, 6.07) is 3.53. The van der Waals surface area contributed by atoms with Gasteiger partial charge in [0.2, 0.25) is 0 Å². The molecule has 0 radical (unpaired) electrons. The molecule has 0 saturated heterocycles. The number of nitrogens with one attached hydrogen (secondary N) is 1. The minimum Gasteiger partial charge on any atom is -0.345 e. The maximum absolute atomic E-state index is 13.5. The van der Waals surface area contributed by atoms with Crippen LogP contribution in [0.1, 0.15) is 37.0 Å². The Bertz CT molecular complexity index is 423. The Morgan fingerprint density at radius 1 is 1.33 bits per heavy atom. The number of carbonyl (C=O) groups excluding carboxylic acids is 1. The number of hydrogen-bond acceptors (Lipinski definition) is 2. The molecule has 0 bridgehead atoms. The molecule has 0 saturated carbocycles. The van der Waals surface area contributed by atoms with E-state index in [1.165, 1.54) is 12.1 Å². The smallest absolute Gasteiger partial charge is 0.254 e. The van der Waals surface area contributed by atoms with E-state index >= 15 is 0 Å². The summed E-state index contributed by atoms with van der Waals surface area (Å²) in [6.07, 6.45) is 1.26. The highest BCUT2D eigenvalue weighted by atomic mass is 19.2. The van der Waals surface area contributed by atoms with Gasteiger partial charge < -0.3 is 11.1 Å². The molecular weight excluding hydrogens is 238 g/mol. The molecule has 0 spiro atoms. The molecule has 100 valence electrons. The average molecular weight is 256 g/mol.